The topological polar surface area (TPSA) is 24.9 Å². The lowest BCUT2D eigenvalue weighted by molar-refractivity contribution is -0.140. The number of nitrogens with one attached hydrogen (secondary N) is 1. The second kappa shape index (κ2) is 4.29. The van der Waals surface area contributed by atoms with Crippen molar-refractivity contribution in [3.8, 4) is 0 Å². The highest BCUT2D eigenvalue weighted by Gasteiger charge is 2.34. The maximum Gasteiger partial charge on any atom is 0.433 e. The van der Waals surface area contributed by atoms with Gasteiger partial charge in [-0.3, -0.25) is 0 Å². The predicted octanol–water partition coefficient (Wildman–Crippen LogP) is 3.71. The van der Waals surface area contributed by atoms with Gasteiger partial charge in [0.1, 0.15) is 11.2 Å². The molecule has 1 heterocycles. The summed E-state index contributed by atoms with van der Waals surface area (Å²) in [6.07, 6.45) is -4.82. The van der Waals surface area contributed by atoms with Gasteiger partial charge in [0, 0.05) is 18.1 Å². The number of fused-ring (bicyclic) bond motifs is 1. The van der Waals surface area contributed by atoms with E-state index in [1.807, 2.05) is 0 Å². The fourth-order valence-electron chi connectivity index (χ4n) is 1.62. The Morgan fingerprint density at radius 2 is 1.68 bits per heavy atom. The van der Waals surface area contributed by atoms with Crippen LogP contribution in [0.25, 0.3) is 10.9 Å². The molecule has 0 aliphatic rings. The van der Waals surface area contributed by atoms with E-state index >= 15 is 0 Å². The molecule has 1 N–H and O–H groups in total. The highest BCUT2D eigenvalue weighted by molar-refractivity contribution is 5.92. The number of anilines is 1. The number of aromatic nitrogens is 1. The van der Waals surface area contributed by atoms with Crippen LogP contribution in [0.1, 0.15) is 5.69 Å². The van der Waals surface area contributed by atoms with Crippen LogP contribution in [0.4, 0.5) is 32.0 Å². The van der Waals surface area contributed by atoms with Crippen LogP contribution < -0.4 is 5.32 Å². The zero-order chi connectivity index (χ0) is 14.4. The molecule has 0 fully saturated rings. The second-order valence-electron chi connectivity index (χ2n) is 3.69. The first-order chi connectivity index (χ1) is 8.75. The number of hydrogen-bond donors (Lipinski definition) is 1. The van der Waals surface area contributed by atoms with Gasteiger partial charge in [0.25, 0.3) is 0 Å². The third kappa shape index (κ3) is 2.18. The lowest BCUT2D eigenvalue weighted by Crippen LogP contribution is -2.10. The summed E-state index contributed by atoms with van der Waals surface area (Å²) in [5, 5.41) is 2.09. The summed E-state index contributed by atoms with van der Waals surface area (Å²) in [6, 6.07) is 1.19. The van der Waals surface area contributed by atoms with Crippen molar-refractivity contribution in [1.29, 1.82) is 0 Å². The number of pyridine rings is 1. The average Bonchev–Trinajstić information content (AvgIpc) is 2.34. The zero-order valence-corrected chi connectivity index (χ0v) is 9.37. The van der Waals surface area contributed by atoms with E-state index in [-0.39, 0.29) is 11.1 Å². The molecule has 1 aromatic carbocycles. The van der Waals surface area contributed by atoms with E-state index in [0.29, 0.717) is 12.1 Å². The van der Waals surface area contributed by atoms with Gasteiger partial charge >= 0.3 is 6.18 Å². The van der Waals surface area contributed by atoms with Gasteiger partial charge in [0.2, 0.25) is 0 Å². The average molecular weight is 280 g/mol. The van der Waals surface area contributed by atoms with E-state index in [1.165, 1.54) is 7.05 Å². The summed E-state index contributed by atoms with van der Waals surface area (Å²) in [5.41, 5.74) is -2.47. The number of alkyl halides is 3. The molecule has 0 saturated heterocycles. The molecule has 2 nitrogen and oxygen atoms in total. The van der Waals surface area contributed by atoms with Gasteiger partial charge in [-0.15, -0.1) is 0 Å². The van der Waals surface area contributed by atoms with Crippen LogP contribution in [0, 0.1) is 17.5 Å². The smallest absolute Gasteiger partial charge is 0.388 e. The Morgan fingerprint density at radius 3 is 2.21 bits per heavy atom. The second-order valence-corrected chi connectivity index (χ2v) is 3.69. The molecule has 1 aromatic heterocycles. The van der Waals surface area contributed by atoms with E-state index in [1.54, 1.807) is 0 Å². The quantitative estimate of drug-likeness (QED) is 0.636. The van der Waals surface area contributed by atoms with Crippen molar-refractivity contribution in [3.63, 3.8) is 0 Å². The highest BCUT2D eigenvalue weighted by atomic mass is 19.4. The SMILES string of the molecule is CNc1cc(C(F)(F)F)nc2c(F)c(F)c(F)cc12. The minimum atomic E-state index is -4.82. The summed E-state index contributed by atoms with van der Waals surface area (Å²) in [4.78, 5) is 3.01. The maximum atomic E-state index is 13.5. The van der Waals surface area contributed by atoms with E-state index in [0.717, 1.165) is 0 Å². The molecule has 102 valence electrons. The first-order valence-corrected chi connectivity index (χ1v) is 4.99. The summed E-state index contributed by atoms with van der Waals surface area (Å²) < 4.78 is 77.3. The predicted molar refractivity (Wildman–Crippen MR) is 56.2 cm³/mol. The Bertz CT molecular complexity index is 650. The molecule has 0 spiro atoms. The van der Waals surface area contributed by atoms with E-state index < -0.39 is 34.8 Å². The summed E-state index contributed by atoms with van der Waals surface area (Å²) in [6.45, 7) is 0. The standard InChI is InChI=1S/C11H6F6N2/c1-18-6-3-7(11(15,16)17)19-10-4(6)2-5(12)8(13)9(10)14/h2-3H,1H3,(H,18,19). The van der Waals surface area contributed by atoms with Gasteiger partial charge in [0.05, 0.1) is 0 Å². The highest BCUT2D eigenvalue weighted by Crippen LogP contribution is 2.34. The lowest BCUT2D eigenvalue weighted by atomic mass is 10.1. The van der Waals surface area contributed by atoms with Gasteiger partial charge < -0.3 is 5.32 Å². The molecular weight excluding hydrogens is 274 g/mol. The summed E-state index contributed by atoms with van der Waals surface area (Å²) in [7, 11) is 1.27. The maximum absolute atomic E-state index is 13.5. The molecule has 0 unspecified atom stereocenters. The fourth-order valence-corrected chi connectivity index (χ4v) is 1.62. The Balaban J connectivity index is 2.90. The Hall–Kier alpha value is -1.99. The molecule has 19 heavy (non-hydrogen) atoms. The molecule has 0 amide bonds. The minimum Gasteiger partial charge on any atom is -0.388 e. The van der Waals surface area contributed by atoms with E-state index in [9.17, 15) is 26.3 Å². The molecular formula is C11H6F6N2. The molecule has 0 radical (unpaired) electrons. The molecule has 2 aromatic rings. The zero-order valence-electron chi connectivity index (χ0n) is 9.37. The van der Waals surface area contributed by atoms with Gasteiger partial charge in [0.15, 0.2) is 17.5 Å². The van der Waals surface area contributed by atoms with Crippen molar-refractivity contribution >= 4 is 16.6 Å². The van der Waals surface area contributed by atoms with E-state index in [2.05, 4.69) is 10.3 Å². The van der Waals surface area contributed by atoms with Gasteiger partial charge in [-0.2, -0.15) is 13.2 Å². The fraction of sp³-hybridized carbons (Fsp3) is 0.182. The van der Waals surface area contributed by atoms with Crippen LogP contribution in [-0.4, -0.2) is 12.0 Å². The molecule has 8 heteroatoms. The number of rotatable bonds is 1. The minimum absolute atomic E-state index is 0.199. The molecule has 0 atom stereocenters. The molecule has 2 rings (SSSR count). The van der Waals surface area contributed by atoms with Crippen molar-refractivity contribution < 1.29 is 26.3 Å². The van der Waals surface area contributed by atoms with Crippen LogP contribution in [0.15, 0.2) is 12.1 Å². The summed E-state index contributed by atoms with van der Waals surface area (Å²) >= 11 is 0. The largest absolute Gasteiger partial charge is 0.433 e. The monoisotopic (exact) mass is 280 g/mol. The van der Waals surface area contributed by atoms with Crippen LogP contribution in [0.3, 0.4) is 0 Å². The van der Waals surface area contributed by atoms with Crippen molar-refractivity contribution in [3.05, 3.63) is 35.3 Å². The van der Waals surface area contributed by atoms with Gasteiger partial charge in [-0.05, 0) is 12.1 Å². The first kappa shape index (κ1) is 13.4. The molecule has 0 aliphatic carbocycles. The van der Waals surface area contributed by atoms with Crippen molar-refractivity contribution in [2.24, 2.45) is 0 Å². The Kier molecular flexibility index (Phi) is 3.03. The first-order valence-electron chi connectivity index (χ1n) is 4.99. The van der Waals surface area contributed by atoms with Crippen molar-refractivity contribution in [2.45, 2.75) is 6.18 Å². The number of benzene rings is 1. The lowest BCUT2D eigenvalue weighted by Gasteiger charge is -2.12. The number of nitrogens with zero attached hydrogens (tertiary/aromatic N) is 1. The third-order valence-electron chi connectivity index (χ3n) is 2.50. The van der Waals surface area contributed by atoms with E-state index in [4.69, 9.17) is 0 Å². The molecule has 0 bridgehead atoms. The summed E-state index contributed by atoms with van der Waals surface area (Å²) in [5.74, 6) is -5.11. The Labute approximate surface area is 103 Å². The Morgan fingerprint density at radius 1 is 1.05 bits per heavy atom. The van der Waals surface area contributed by atoms with Crippen molar-refractivity contribution in [1.82, 2.24) is 4.98 Å². The number of halogens is 6. The van der Waals surface area contributed by atoms with Crippen LogP contribution in [0.2, 0.25) is 0 Å². The van der Waals surface area contributed by atoms with Gasteiger partial charge in [-0.25, -0.2) is 18.2 Å². The van der Waals surface area contributed by atoms with Crippen LogP contribution >= 0.6 is 0 Å². The van der Waals surface area contributed by atoms with Crippen molar-refractivity contribution in [2.75, 3.05) is 12.4 Å². The molecule has 0 saturated carbocycles. The molecule has 0 aliphatic heterocycles. The van der Waals surface area contributed by atoms with Crippen LogP contribution in [-0.2, 0) is 6.18 Å². The van der Waals surface area contributed by atoms with Crippen LogP contribution in [0.5, 0.6) is 0 Å². The number of hydrogen-bond acceptors (Lipinski definition) is 2. The third-order valence-corrected chi connectivity index (χ3v) is 2.50. The van der Waals surface area contributed by atoms with Gasteiger partial charge in [-0.1, -0.05) is 0 Å². The normalized spacial score (nSPS) is 11.9.